The maximum Gasteiger partial charge on any atom is 0.260 e. The molecule has 158 valence electrons. The molecule has 0 radical (unpaired) electrons. The van der Waals surface area contributed by atoms with Crippen LogP contribution in [0.5, 0.6) is 5.75 Å². The lowest BCUT2D eigenvalue weighted by Crippen LogP contribution is -2.34. The number of amides is 1. The van der Waals surface area contributed by atoms with Crippen LogP contribution >= 0.6 is 12.4 Å². The first-order valence-corrected chi connectivity index (χ1v) is 9.37. The molecule has 2 aromatic carbocycles. The number of hydrogen-bond acceptors (Lipinski definition) is 6. The summed E-state index contributed by atoms with van der Waals surface area (Å²) in [4.78, 5) is 17.0. The summed E-state index contributed by atoms with van der Waals surface area (Å²) in [5.41, 5.74) is 6.85. The van der Waals surface area contributed by atoms with Crippen LogP contribution in [-0.4, -0.2) is 23.2 Å². The van der Waals surface area contributed by atoms with Crippen molar-refractivity contribution in [2.24, 2.45) is 5.73 Å². The zero-order valence-corrected chi connectivity index (χ0v) is 17.2. The molecule has 4 rings (SSSR count). The van der Waals surface area contributed by atoms with E-state index >= 15 is 0 Å². The molecule has 7 nitrogen and oxygen atoms in total. The predicted molar refractivity (Wildman–Crippen MR) is 112 cm³/mol. The highest BCUT2D eigenvalue weighted by Gasteiger charge is 2.36. The summed E-state index contributed by atoms with van der Waals surface area (Å²) in [6, 6.07) is 10.6. The second-order valence-electron chi connectivity index (χ2n) is 7.16. The van der Waals surface area contributed by atoms with Gasteiger partial charge in [-0.3, -0.25) is 4.79 Å². The molecule has 9 heteroatoms. The van der Waals surface area contributed by atoms with E-state index in [0.717, 1.165) is 25.7 Å². The summed E-state index contributed by atoms with van der Waals surface area (Å²) in [6.45, 7) is 0. The zero-order valence-electron chi connectivity index (χ0n) is 16.4. The molecule has 0 saturated heterocycles. The van der Waals surface area contributed by atoms with Crippen LogP contribution in [0, 0.1) is 5.82 Å². The third-order valence-corrected chi connectivity index (χ3v) is 5.18. The number of nitrogens with zero attached hydrogens (tertiary/aromatic N) is 2. The summed E-state index contributed by atoms with van der Waals surface area (Å²) in [5, 5.41) is 6.75. The van der Waals surface area contributed by atoms with Gasteiger partial charge in [0, 0.05) is 5.56 Å². The molecule has 1 aromatic heterocycles. The number of nitrogens with one attached hydrogen (secondary N) is 1. The van der Waals surface area contributed by atoms with Crippen LogP contribution in [0.25, 0.3) is 11.5 Å². The van der Waals surface area contributed by atoms with Gasteiger partial charge in [-0.15, -0.1) is 12.4 Å². The van der Waals surface area contributed by atoms with Gasteiger partial charge in [0.15, 0.2) is 5.82 Å². The van der Waals surface area contributed by atoms with Gasteiger partial charge >= 0.3 is 0 Å². The molecule has 30 heavy (non-hydrogen) atoms. The monoisotopic (exact) mass is 432 g/mol. The molecule has 0 unspecified atom stereocenters. The van der Waals surface area contributed by atoms with Gasteiger partial charge < -0.3 is 20.3 Å². The number of anilines is 1. The topological polar surface area (TPSA) is 103 Å². The Hall–Kier alpha value is -2.97. The van der Waals surface area contributed by atoms with Crippen molar-refractivity contribution in [1.82, 2.24) is 10.1 Å². The number of methoxy groups -OCH3 is 1. The fourth-order valence-corrected chi connectivity index (χ4v) is 3.51. The van der Waals surface area contributed by atoms with Crippen LogP contribution in [-0.2, 0) is 5.54 Å². The van der Waals surface area contributed by atoms with Gasteiger partial charge in [0.05, 0.1) is 23.9 Å². The highest BCUT2D eigenvalue weighted by molar-refractivity contribution is 6.06. The Morgan fingerprint density at radius 2 is 1.90 bits per heavy atom. The van der Waals surface area contributed by atoms with Gasteiger partial charge in [0.2, 0.25) is 0 Å². The quantitative estimate of drug-likeness (QED) is 0.623. The van der Waals surface area contributed by atoms with Crippen LogP contribution in [0.15, 0.2) is 47.0 Å². The van der Waals surface area contributed by atoms with Crippen LogP contribution in [0.4, 0.5) is 10.1 Å². The predicted octanol–water partition coefficient (Wildman–Crippen LogP) is 4.29. The largest absolute Gasteiger partial charge is 0.497 e. The van der Waals surface area contributed by atoms with E-state index in [1.807, 2.05) is 0 Å². The Labute approximate surface area is 179 Å². The van der Waals surface area contributed by atoms with Gasteiger partial charge in [-0.05, 0) is 55.3 Å². The van der Waals surface area contributed by atoms with E-state index in [-0.39, 0.29) is 24.0 Å². The molecule has 1 aliphatic carbocycles. The summed E-state index contributed by atoms with van der Waals surface area (Å²) in [6.07, 6.45) is 3.60. The first-order chi connectivity index (χ1) is 14.0. The fraction of sp³-hybridized carbons (Fsp3) is 0.286. The van der Waals surface area contributed by atoms with Gasteiger partial charge in [-0.2, -0.15) is 4.98 Å². The standard InChI is InChI=1S/C21H21FN4O3.ClH/c1-28-15-7-4-13(5-8-15)18(27)24-17-12-14(22)6-9-16(17)19-25-20(26-29-19)21(23)10-2-3-11-21;/h4-9,12H,2-3,10-11,23H2,1H3,(H,24,27);1H. The van der Waals surface area contributed by atoms with Crippen molar-refractivity contribution in [3.8, 4) is 17.2 Å². The Kier molecular flexibility index (Phi) is 6.38. The van der Waals surface area contributed by atoms with Crippen molar-refractivity contribution >= 4 is 24.0 Å². The van der Waals surface area contributed by atoms with E-state index < -0.39 is 17.3 Å². The minimum absolute atomic E-state index is 0. The lowest BCUT2D eigenvalue weighted by Gasteiger charge is -2.17. The van der Waals surface area contributed by atoms with E-state index in [1.54, 1.807) is 31.4 Å². The zero-order chi connectivity index (χ0) is 20.4. The lowest BCUT2D eigenvalue weighted by atomic mass is 9.98. The van der Waals surface area contributed by atoms with Crippen molar-refractivity contribution in [2.75, 3.05) is 12.4 Å². The van der Waals surface area contributed by atoms with Crippen LogP contribution in [0.2, 0.25) is 0 Å². The Morgan fingerprint density at radius 3 is 2.57 bits per heavy atom. The third-order valence-electron chi connectivity index (χ3n) is 5.18. The summed E-state index contributed by atoms with van der Waals surface area (Å²) in [5.74, 6) is 0.354. The summed E-state index contributed by atoms with van der Waals surface area (Å²) in [7, 11) is 1.55. The van der Waals surface area contributed by atoms with Crippen molar-refractivity contribution in [2.45, 2.75) is 31.2 Å². The molecular formula is C21H22ClFN4O3. The van der Waals surface area contributed by atoms with E-state index in [0.29, 0.717) is 22.7 Å². The lowest BCUT2D eigenvalue weighted by molar-refractivity contribution is 0.102. The maximum absolute atomic E-state index is 13.9. The molecule has 1 heterocycles. The normalized spacial score (nSPS) is 14.8. The van der Waals surface area contributed by atoms with E-state index in [1.165, 1.54) is 18.2 Å². The van der Waals surface area contributed by atoms with Crippen molar-refractivity contribution in [3.05, 3.63) is 59.7 Å². The average molecular weight is 433 g/mol. The number of hydrogen-bond donors (Lipinski definition) is 2. The number of aromatic nitrogens is 2. The molecule has 0 aliphatic heterocycles. The fourth-order valence-electron chi connectivity index (χ4n) is 3.51. The van der Waals surface area contributed by atoms with Gasteiger partial charge in [0.25, 0.3) is 11.8 Å². The van der Waals surface area contributed by atoms with Crippen LogP contribution < -0.4 is 15.8 Å². The number of benzene rings is 2. The number of rotatable bonds is 5. The smallest absolute Gasteiger partial charge is 0.260 e. The Balaban J connectivity index is 0.00000256. The number of ether oxygens (including phenoxy) is 1. The minimum Gasteiger partial charge on any atom is -0.497 e. The third kappa shape index (κ3) is 4.29. The molecule has 3 aromatic rings. The molecule has 0 atom stereocenters. The minimum atomic E-state index is -0.603. The van der Waals surface area contributed by atoms with Gasteiger partial charge in [-0.25, -0.2) is 4.39 Å². The SMILES string of the molecule is COc1ccc(C(=O)Nc2cc(F)ccc2-c2nc(C3(N)CCCC3)no2)cc1.Cl. The highest BCUT2D eigenvalue weighted by atomic mass is 35.5. The molecule has 1 fully saturated rings. The summed E-state index contributed by atoms with van der Waals surface area (Å²) < 4.78 is 24.4. The molecule has 1 aliphatic rings. The average Bonchev–Trinajstić information content (AvgIpc) is 3.38. The second kappa shape index (κ2) is 8.81. The molecule has 1 saturated carbocycles. The first kappa shape index (κ1) is 21.7. The number of nitrogens with two attached hydrogens (primary N) is 1. The van der Waals surface area contributed by atoms with Crippen molar-refractivity contribution in [3.63, 3.8) is 0 Å². The van der Waals surface area contributed by atoms with Crippen molar-refractivity contribution in [1.29, 1.82) is 0 Å². The van der Waals surface area contributed by atoms with E-state index in [9.17, 15) is 9.18 Å². The molecule has 0 bridgehead atoms. The molecule has 3 N–H and O–H groups in total. The molecular weight excluding hydrogens is 411 g/mol. The second-order valence-corrected chi connectivity index (χ2v) is 7.16. The number of carbonyl (C=O) groups is 1. The van der Waals surface area contributed by atoms with E-state index in [2.05, 4.69) is 15.5 Å². The molecule has 0 spiro atoms. The maximum atomic E-state index is 13.9. The van der Waals surface area contributed by atoms with Gasteiger partial charge in [0.1, 0.15) is 11.6 Å². The first-order valence-electron chi connectivity index (χ1n) is 9.37. The highest BCUT2D eigenvalue weighted by Crippen LogP contribution is 2.36. The summed E-state index contributed by atoms with van der Waals surface area (Å²) >= 11 is 0. The van der Waals surface area contributed by atoms with E-state index in [4.69, 9.17) is 15.0 Å². The van der Waals surface area contributed by atoms with Crippen molar-refractivity contribution < 1.29 is 18.4 Å². The van der Waals surface area contributed by atoms with Crippen LogP contribution in [0.1, 0.15) is 41.9 Å². The molecule has 1 amide bonds. The Morgan fingerprint density at radius 1 is 1.20 bits per heavy atom. The Bertz CT molecular complexity index is 1030. The van der Waals surface area contributed by atoms with Gasteiger partial charge in [-0.1, -0.05) is 18.0 Å². The number of halogens is 2. The number of carbonyl (C=O) groups excluding carboxylic acids is 1. The van der Waals surface area contributed by atoms with Crippen LogP contribution in [0.3, 0.4) is 0 Å².